The van der Waals surface area contributed by atoms with Crippen LogP contribution in [0.15, 0.2) is 16.7 Å². The molecule has 50 valence electrons. The van der Waals surface area contributed by atoms with Gasteiger partial charge in [0.15, 0.2) is 5.69 Å². The van der Waals surface area contributed by atoms with Gasteiger partial charge in [-0.2, -0.15) is 5.26 Å². The summed E-state index contributed by atoms with van der Waals surface area (Å²) in [6, 6.07) is 2.92. The highest BCUT2D eigenvalue weighted by molar-refractivity contribution is 9.10. The van der Waals surface area contributed by atoms with Gasteiger partial charge in [-0.15, -0.1) is 0 Å². The normalized spacial score (nSPS) is 8.90. The van der Waals surface area contributed by atoms with Crippen molar-refractivity contribution >= 4 is 15.9 Å². The Morgan fingerprint density at radius 3 is 2.90 bits per heavy atom. The molecule has 0 saturated heterocycles. The molecule has 0 unspecified atom stereocenters. The Labute approximate surface area is 65.4 Å². The van der Waals surface area contributed by atoms with E-state index in [4.69, 9.17) is 5.26 Å². The van der Waals surface area contributed by atoms with Crippen LogP contribution in [0.25, 0.3) is 0 Å². The van der Waals surface area contributed by atoms with Crippen molar-refractivity contribution < 1.29 is 4.39 Å². The van der Waals surface area contributed by atoms with Crippen molar-refractivity contribution in [1.82, 2.24) is 4.98 Å². The minimum Gasteiger partial charge on any atom is -0.244 e. The number of aromatic nitrogens is 1. The largest absolute Gasteiger partial charge is 0.244 e. The van der Waals surface area contributed by atoms with E-state index >= 15 is 0 Å². The molecule has 0 radical (unpaired) electrons. The molecular weight excluding hydrogens is 199 g/mol. The monoisotopic (exact) mass is 200 g/mol. The van der Waals surface area contributed by atoms with Crippen molar-refractivity contribution in [1.29, 1.82) is 5.26 Å². The Morgan fingerprint density at radius 2 is 2.40 bits per heavy atom. The van der Waals surface area contributed by atoms with E-state index in [0.29, 0.717) is 0 Å². The summed E-state index contributed by atoms with van der Waals surface area (Å²) in [5.74, 6) is -0.466. The molecule has 0 amide bonds. The van der Waals surface area contributed by atoms with Crippen LogP contribution in [0.2, 0.25) is 0 Å². The molecule has 0 aliphatic heterocycles. The molecule has 0 saturated carbocycles. The van der Waals surface area contributed by atoms with Gasteiger partial charge in [-0.1, -0.05) is 0 Å². The first-order chi connectivity index (χ1) is 4.75. The fourth-order valence-electron chi connectivity index (χ4n) is 0.498. The summed E-state index contributed by atoms with van der Waals surface area (Å²) in [4.78, 5) is 3.61. The van der Waals surface area contributed by atoms with Gasteiger partial charge >= 0.3 is 0 Å². The van der Waals surface area contributed by atoms with Gasteiger partial charge in [0.05, 0.1) is 4.47 Å². The summed E-state index contributed by atoms with van der Waals surface area (Å²) in [6.07, 6.45) is 1.25. The van der Waals surface area contributed by atoms with E-state index in [0.717, 1.165) is 0 Å². The van der Waals surface area contributed by atoms with Crippen molar-refractivity contribution in [3.8, 4) is 6.07 Å². The van der Waals surface area contributed by atoms with Crippen molar-refractivity contribution in [2.45, 2.75) is 0 Å². The summed E-state index contributed by atoms with van der Waals surface area (Å²) in [7, 11) is 0. The maximum absolute atomic E-state index is 12.5. The topological polar surface area (TPSA) is 36.7 Å². The summed E-state index contributed by atoms with van der Waals surface area (Å²) < 4.78 is 12.7. The lowest BCUT2D eigenvalue weighted by Gasteiger charge is -1.92. The Balaban J connectivity index is 3.31. The highest BCUT2D eigenvalue weighted by Crippen LogP contribution is 2.16. The predicted molar refractivity (Wildman–Crippen MR) is 36.6 cm³/mol. The van der Waals surface area contributed by atoms with E-state index in [1.807, 2.05) is 0 Å². The number of pyridine rings is 1. The SMILES string of the molecule is N#Cc1nccc(F)c1Br. The van der Waals surface area contributed by atoms with Crippen LogP contribution >= 0.6 is 15.9 Å². The van der Waals surface area contributed by atoms with Gasteiger partial charge in [-0.25, -0.2) is 9.37 Å². The zero-order valence-electron chi connectivity index (χ0n) is 4.81. The third kappa shape index (κ3) is 1.14. The molecule has 4 heteroatoms. The number of rotatable bonds is 0. The van der Waals surface area contributed by atoms with E-state index in [2.05, 4.69) is 20.9 Å². The summed E-state index contributed by atoms with van der Waals surface area (Å²) >= 11 is 2.88. The lowest BCUT2D eigenvalue weighted by molar-refractivity contribution is 0.617. The first-order valence-electron chi connectivity index (χ1n) is 2.46. The number of halogens is 2. The molecule has 1 heterocycles. The highest BCUT2D eigenvalue weighted by atomic mass is 79.9. The Hall–Kier alpha value is -0.950. The van der Waals surface area contributed by atoms with E-state index < -0.39 is 5.82 Å². The van der Waals surface area contributed by atoms with Gasteiger partial charge in [0, 0.05) is 6.20 Å². The third-order valence-electron chi connectivity index (χ3n) is 0.948. The zero-order valence-corrected chi connectivity index (χ0v) is 6.39. The van der Waals surface area contributed by atoms with Gasteiger partial charge in [-0.3, -0.25) is 0 Å². The molecule has 1 rings (SSSR count). The first kappa shape index (κ1) is 7.16. The minimum absolute atomic E-state index is 0.0694. The average molecular weight is 201 g/mol. The first-order valence-corrected chi connectivity index (χ1v) is 3.25. The van der Waals surface area contributed by atoms with E-state index in [9.17, 15) is 4.39 Å². The number of hydrogen-bond acceptors (Lipinski definition) is 2. The third-order valence-corrected chi connectivity index (χ3v) is 1.70. The molecule has 1 aromatic heterocycles. The number of hydrogen-bond donors (Lipinski definition) is 0. The molecular formula is C6H2BrFN2. The predicted octanol–water partition coefficient (Wildman–Crippen LogP) is 1.85. The quantitative estimate of drug-likeness (QED) is 0.642. The smallest absolute Gasteiger partial charge is 0.157 e. The molecule has 0 spiro atoms. The number of nitrogens with zero attached hydrogens (tertiary/aromatic N) is 2. The molecule has 10 heavy (non-hydrogen) atoms. The molecule has 0 fully saturated rings. The lowest BCUT2D eigenvalue weighted by atomic mass is 10.4. The maximum atomic E-state index is 12.5. The van der Waals surface area contributed by atoms with E-state index in [1.165, 1.54) is 12.3 Å². The van der Waals surface area contributed by atoms with Crippen LogP contribution < -0.4 is 0 Å². The van der Waals surface area contributed by atoms with Gasteiger partial charge in [0.25, 0.3) is 0 Å². The molecule has 0 bridgehead atoms. The van der Waals surface area contributed by atoms with Crippen LogP contribution in [-0.4, -0.2) is 4.98 Å². The van der Waals surface area contributed by atoms with Crippen LogP contribution in [0.3, 0.4) is 0 Å². The van der Waals surface area contributed by atoms with Gasteiger partial charge in [-0.05, 0) is 22.0 Å². The van der Waals surface area contributed by atoms with Crippen LogP contribution in [0.4, 0.5) is 4.39 Å². The van der Waals surface area contributed by atoms with Gasteiger partial charge in [0.1, 0.15) is 11.9 Å². The second kappa shape index (κ2) is 2.76. The average Bonchev–Trinajstić information content (AvgIpc) is 1.95. The fourth-order valence-corrected chi connectivity index (χ4v) is 0.821. The Kier molecular flexibility index (Phi) is 1.97. The zero-order chi connectivity index (χ0) is 7.56. The standard InChI is InChI=1S/C6H2BrFN2/c7-6-4(8)1-2-10-5(6)3-9/h1-2H. The highest BCUT2D eigenvalue weighted by Gasteiger charge is 2.03. The minimum atomic E-state index is -0.466. The van der Waals surface area contributed by atoms with Gasteiger partial charge in [0.2, 0.25) is 0 Å². The van der Waals surface area contributed by atoms with Crippen molar-refractivity contribution in [2.75, 3.05) is 0 Å². The second-order valence-corrected chi connectivity index (χ2v) is 2.36. The summed E-state index contributed by atoms with van der Waals surface area (Å²) in [5, 5.41) is 8.33. The van der Waals surface area contributed by atoms with E-state index in [1.54, 1.807) is 6.07 Å². The van der Waals surface area contributed by atoms with Crippen molar-refractivity contribution in [2.24, 2.45) is 0 Å². The Morgan fingerprint density at radius 1 is 1.70 bits per heavy atom. The summed E-state index contributed by atoms with van der Waals surface area (Å²) in [6.45, 7) is 0. The van der Waals surface area contributed by atoms with E-state index in [-0.39, 0.29) is 10.2 Å². The molecule has 0 aromatic carbocycles. The van der Waals surface area contributed by atoms with Crippen LogP contribution in [-0.2, 0) is 0 Å². The second-order valence-electron chi connectivity index (χ2n) is 1.57. The van der Waals surface area contributed by atoms with Crippen LogP contribution in [0, 0.1) is 17.1 Å². The van der Waals surface area contributed by atoms with Gasteiger partial charge < -0.3 is 0 Å². The fraction of sp³-hybridized carbons (Fsp3) is 0. The van der Waals surface area contributed by atoms with Crippen LogP contribution in [0.1, 0.15) is 5.69 Å². The molecule has 0 atom stereocenters. The number of nitriles is 1. The van der Waals surface area contributed by atoms with Crippen molar-refractivity contribution in [3.63, 3.8) is 0 Å². The molecule has 0 N–H and O–H groups in total. The van der Waals surface area contributed by atoms with Crippen molar-refractivity contribution in [3.05, 3.63) is 28.2 Å². The molecule has 1 aromatic rings. The lowest BCUT2D eigenvalue weighted by Crippen LogP contribution is -1.86. The molecule has 0 aliphatic rings. The molecule has 2 nitrogen and oxygen atoms in total. The molecule has 0 aliphatic carbocycles. The summed E-state index contributed by atoms with van der Waals surface area (Å²) in [5.41, 5.74) is 0.0694. The Bertz CT molecular complexity index is 292. The van der Waals surface area contributed by atoms with Crippen LogP contribution in [0.5, 0.6) is 0 Å². The maximum Gasteiger partial charge on any atom is 0.157 e.